The number of hydrogen-bond donors (Lipinski definition) is 2. The molecule has 1 aromatic rings. The molecule has 0 saturated heterocycles. The van der Waals surface area contributed by atoms with Crippen molar-refractivity contribution in [3.63, 3.8) is 0 Å². The van der Waals surface area contributed by atoms with Crippen molar-refractivity contribution in [3.8, 4) is 0 Å². The van der Waals surface area contributed by atoms with Crippen LogP contribution in [0, 0.1) is 0 Å². The number of nitrogens with zero attached hydrogens (tertiary/aromatic N) is 1. The fourth-order valence-electron chi connectivity index (χ4n) is 1.66. The van der Waals surface area contributed by atoms with Crippen LogP contribution in [-0.2, 0) is 16.0 Å². The summed E-state index contributed by atoms with van der Waals surface area (Å²) in [6.07, 6.45) is 1.36. The summed E-state index contributed by atoms with van der Waals surface area (Å²) in [7, 11) is 3.47. The van der Waals surface area contributed by atoms with Crippen molar-refractivity contribution in [3.05, 3.63) is 29.8 Å². The van der Waals surface area contributed by atoms with Crippen LogP contribution in [0.2, 0.25) is 0 Å². The van der Waals surface area contributed by atoms with E-state index in [1.165, 1.54) is 0 Å². The number of nitrogens with one attached hydrogen (secondary N) is 2. The number of carbonyl (C=O) groups is 2. The molecule has 0 saturated carbocycles. The highest BCUT2D eigenvalue weighted by atomic mass is 16.2. The van der Waals surface area contributed by atoms with Crippen molar-refractivity contribution < 1.29 is 9.59 Å². The second-order valence-corrected chi connectivity index (χ2v) is 5.40. The lowest BCUT2D eigenvalue weighted by atomic mass is 10.1. The number of likely N-dealkylation sites (N-methyl/N-ethyl adjacent to an activating group) is 1. The smallest absolute Gasteiger partial charge is 0.238 e. The summed E-state index contributed by atoms with van der Waals surface area (Å²) in [5.74, 6) is -0.00282. The summed E-state index contributed by atoms with van der Waals surface area (Å²) in [6.45, 7) is 4.42. The van der Waals surface area contributed by atoms with Gasteiger partial charge in [-0.3, -0.25) is 9.59 Å². The molecule has 1 atom stereocenters. The number of benzene rings is 1. The van der Waals surface area contributed by atoms with E-state index in [-0.39, 0.29) is 11.8 Å². The van der Waals surface area contributed by atoms with E-state index in [1.807, 2.05) is 31.2 Å². The molecular weight excluding hydrogens is 266 g/mol. The van der Waals surface area contributed by atoms with Crippen LogP contribution in [0.1, 0.15) is 25.8 Å². The zero-order valence-electron chi connectivity index (χ0n) is 13.3. The Kier molecular flexibility index (Phi) is 6.88. The largest absolute Gasteiger partial charge is 0.349 e. The Balaban J connectivity index is 2.47. The second kappa shape index (κ2) is 8.42. The average molecular weight is 291 g/mol. The van der Waals surface area contributed by atoms with Crippen LogP contribution >= 0.6 is 0 Å². The Morgan fingerprint density at radius 2 is 1.81 bits per heavy atom. The minimum absolute atomic E-state index is 0.0598. The van der Waals surface area contributed by atoms with Gasteiger partial charge in [0, 0.05) is 25.8 Å². The number of rotatable bonds is 7. The molecule has 21 heavy (non-hydrogen) atoms. The maximum Gasteiger partial charge on any atom is 0.238 e. The van der Waals surface area contributed by atoms with Crippen molar-refractivity contribution in [2.75, 3.05) is 26.0 Å². The van der Waals surface area contributed by atoms with Gasteiger partial charge in [0.2, 0.25) is 11.8 Å². The first-order chi connectivity index (χ1) is 9.92. The molecule has 0 radical (unpaired) electrons. The van der Waals surface area contributed by atoms with Gasteiger partial charge >= 0.3 is 0 Å². The third kappa shape index (κ3) is 6.40. The van der Waals surface area contributed by atoms with Crippen molar-refractivity contribution in [1.29, 1.82) is 0 Å². The maximum absolute atomic E-state index is 11.8. The topological polar surface area (TPSA) is 61.4 Å². The van der Waals surface area contributed by atoms with Gasteiger partial charge in [-0.2, -0.15) is 0 Å². The summed E-state index contributed by atoms with van der Waals surface area (Å²) in [5.41, 5.74) is 1.68. The molecule has 0 spiro atoms. The molecule has 1 aromatic carbocycles. The van der Waals surface area contributed by atoms with Gasteiger partial charge in [0.25, 0.3) is 0 Å². The van der Waals surface area contributed by atoms with Crippen LogP contribution in [0.4, 0.5) is 5.69 Å². The van der Waals surface area contributed by atoms with Gasteiger partial charge in [0.15, 0.2) is 0 Å². The number of anilines is 1. The summed E-state index contributed by atoms with van der Waals surface area (Å²) in [4.78, 5) is 24.9. The Morgan fingerprint density at radius 1 is 1.19 bits per heavy atom. The molecule has 5 nitrogen and oxygen atoms in total. The zero-order chi connectivity index (χ0) is 15.8. The van der Waals surface area contributed by atoms with Gasteiger partial charge in [-0.25, -0.2) is 0 Å². The summed E-state index contributed by atoms with van der Waals surface area (Å²) in [6, 6.07) is 7.69. The van der Waals surface area contributed by atoms with E-state index in [4.69, 9.17) is 0 Å². The standard InChI is InChI=1S/C16H25N3O2/c1-5-12(2)17-11-15(20)18-14-8-6-13(7-9-14)10-16(21)19(3)4/h6-9,12,17H,5,10-11H2,1-4H3,(H,18,20). The Bertz CT molecular complexity index is 469. The molecule has 2 N–H and O–H groups in total. The highest BCUT2D eigenvalue weighted by Gasteiger charge is 2.07. The Hall–Kier alpha value is -1.88. The SMILES string of the molecule is CCC(C)NCC(=O)Nc1ccc(CC(=O)N(C)C)cc1. The van der Waals surface area contributed by atoms with Crippen molar-refractivity contribution in [2.45, 2.75) is 32.7 Å². The maximum atomic E-state index is 11.8. The lowest BCUT2D eigenvalue weighted by molar-refractivity contribution is -0.128. The molecule has 0 aromatic heterocycles. The fraction of sp³-hybridized carbons (Fsp3) is 0.500. The van der Waals surface area contributed by atoms with E-state index in [2.05, 4.69) is 17.6 Å². The van der Waals surface area contributed by atoms with Gasteiger partial charge in [-0.15, -0.1) is 0 Å². The molecule has 1 unspecified atom stereocenters. The predicted molar refractivity (Wildman–Crippen MR) is 85.2 cm³/mol. The lowest BCUT2D eigenvalue weighted by Gasteiger charge is -2.12. The minimum Gasteiger partial charge on any atom is -0.349 e. The quantitative estimate of drug-likeness (QED) is 0.803. The van der Waals surface area contributed by atoms with E-state index >= 15 is 0 Å². The highest BCUT2D eigenvalue weighted by Crippen LogP contribution is 2.10. The first kappa shape index (κ1) is 17.2. The van der Waals surface area contributed by atoms with E-state index in [1.54, 1.807) is 19.0 Å². The van der Waals surface area contributed by atoms with Crippen molar-refractivity contribution >= 4 is 17.5 Å². The van der Waals surface area contributed by atoms with Crippen LogP contribution < -0.4 is 10.6 Å². The van der Waals surface area contributed by atoms with Gasteiger partial charge in [0.1, 0.15) is 0 Å². The van der Waals surface area contributed by atoms with Crippen molar-refractivity contribution in [1.82, 2.24) is 10.2 Å². The molecule has 0 heterocycles. The molecule has 116 valence electrons. The van der Waals surface area contributed by atoms with E-state index < -0.39 is 0 Å². The zero-order valence-corrected chi connectivity index (χ0v) is 13.3. The third-order valence-corrected chi connectivity index (χ3v) is 3.32. The predicted octanol–water partition coefficient (Wildman–Crippen LogP) is 1.64. The van der Waals surface area contributed by atoms with Crippen LogP contribution in [0.3, 0.4) is 0 Å². The van der Waals surface area contributed by atoms with E-state index in [0.717, 1.165) is 17.7 Å². The summed E-state index contributed by atoms with van der Waals surface area (Å²) in [5, 5.41) is 5.97. The number of carbonyl (C=O) groups excluding carboxylic acids is 2. The van der Waals surface area contributed by atoms with E-state index in [0.29, 0.717) is 19.0 Å². The molecule has 2 amide bonds. The van der Waals surface area contributed by atoms with Gasteiger partial charge in [0.05, 0.1) is 13.0 Å². The van der Waals surface area contributed by atoms with Crippen LogP contribution in [0.15, 0.2) is 24.3 Å². The normalized spacial score (nSPS) is 11.8. The second-order valence-electron chi connectivity index (χ2n) is 5.40. The molecule has 0 bridgehead atoms. The monoisotopic (exact) mass is 291 g/mol. The molecular formula is C16H25N3O2. The van der Waals surface area contributed by atoms with E-state index in [9.17, 15) is 9.59 Å². The Labute approximate surface area is 126 Å². The van der Waals surface area contributed by atoms with Gasteiger partial charge in [-0.1, -0.05) is 19.1 Å². The summed E-state index contributed by atoms with van der Waals surface area (Å²) < 4.78 is 0. The molecule has 5 heteroatoms. The average Bonchev–Trinajstić information content (AvgIpc) is 2.46. The highest BCUT2D eigenvalue weighted by molar-refractivity contribution is 5.92. The summed E-state index contributed by atoms with van der Waals surface area (Å²) >= 11 is 0. The van der Waals surface area contributed by atoms with Crippen LogP contribution in [0.25, 0.3) is 0 Å². The lowest BCUT2D eigenvalue weighted by Crippen LogP contribution is -2.33. The van der Waals surface area contributed by atoms with Gasteiger partial charge in [-0.05, 0) is 31.0 Å². The first-order valence-corrected chi connectivity index (χ1v) is 7.24. The molecule has 0 aliphatic rings. The molecule has 0 aliphatic carbocycles. The molecule has 0 fully saturated rings. The fourth-order valence-corrected chi connectivity index (χ4v) is 1.66. The van der Waals surface area contributed by atoms with Crippen molar-refractivity contribution in [2.24, 2.45) is 0 Å². The molecule has 0 aliphatic heterocycles. The third-order valence-electron chi connectivity index (χ3n) is 3.32. The minimum atomic E-state index is -0.0626. The molecule has 1 rings (SSSR count). The Morgan fingerprint density at radius 3 is 2.33 bits per heavy atom. The first-order valence-electron chi connectivity index (χ1n) is 7.24. The van der Waals surface area contributed by atoms with Crippen LogP contribution in [0.5, 0.6) is 0 Å². The van der Waals surface area contributed by atoms with Gasteiger partial charge < -0.3 is 15.5 Å². The number of hydrogen-bond acceptors (Lipinski definition) is 3. The number of amides is 2. The van der Waals surface area contributed by atoms with Crippen LogP contribution in [-0.4, -0.2) is 43.4 Å².